The monoisotopic (exact) mass is 203 g/mol. The fraction of sp³-hybridized carbons (Fsp3) is 0. The summed E-state index contributed by atoms with van der Waals surface area (Å²) in [5.41, 5.74) is -0.302. The number of hydrogen-bond donors (Lipinski definition) is 3. The third-order valence-electron chi connectivity index (χ3n) is 1.44. The summed E-state index contributed by atoms with van der Waals surface area (Å²) in [5, 5.41) is 26.4. The van der Waals surface area contributed by atoms with Crippen molar-refractivity contribution in [3.8, 4) is 0 Å². The number of halogens is 1. The van der Waals surface area contributed by atoms with E-state index in [2.05, 4.69) is 0 Å². The number of carboxylic acid groups (broad SMARTS) is 1. The molecule has 0 heterocycles. The number of carbonyl (C=O) groups is 1. The van der Waals surface area contributed by atoms with Gasteiger partial charge in [-0.15, -0.1) is 0 Å². The highest BCUT2D eigenvalue weighted by Crippen LogP contribution is 2.18. The number of aromatic carboxylic acids is 1. The molecule has 0 radical (unpaired) electrons. The Morgan fingerprint density at radius 1 is 1.54 bits per heavy atom. The molecule has 0 bridgehead atoms. The van der Waals surface area contributed by atoms with E-state index < -0.39 is 11.2 Å². The maximum Gasteiger partial charge on any atom is 0.337 e. The summed E-state index contributed by atoms with van der Waals surface area (Å²) in [4.78, 5) is 10.5. The highest BCUT2D eigenvalue weighted by molar-refractivity contribution is 6.33. The first-order valence-corrected chi connectivity index (χ1v) is 3.66. The standard InChI is InChI=1S/C7H6ClNO4/c8-6-2-1-4(9(12)13)3-5(6)7(10)11/h1-3,9,12H,(H,10,11). The van der Waals surface area contributed by atoms with Crippen molar-refractivity contribution in [3.63, 3.8) is 0 Å². The van der Waals surface area contributed by atoms with Gasteiger partial charge in [-0.1, -0.05) is 11.6 Å². The SMILES string of the molecule is O=C(O)c1cc([NH+]([O-])O)ccc1Cl. The molecule has 13 heavy (non-hydrogen) atoms. The lowest BCUT2D eigenvalue weighted by Crippen LogP contribution is -2.99. The molecule has 0 saturated carbocycles. The van der Waals surface area contributed by atoms with Crippen LogP contribution in [0.1, 0.15) is 10.4 Å². The van der Waals surface area contributed by atoms with E-state index in [1.165, 1.54) is 12.1 Å². The topological polar surface area (TPSA) is 85.0 Å². The zero-order valence-corrected chi connectivity index (χ0v) is 7.08. The zero-order chi connectivity index (χ0) is 10.0. The first-order chi connectivity index (χ1) is 6.02. The molecule has 6 heteroatoms. The van der Waals surface area contributed by atoms with E-state index in [1.807, 2.05) is 0 Å². The van der Waals surface area contributed by atoms with Gasteiger partial charge in [0.1, 0.15) is 0 Å². The van der Waals surface area contributed by atoms with E-state index >= 15 is 0 Å². The lowest BCUT2D eigenvalue weighted by molar-refractivity contribution is -0.991. The van der Waals surface area contributed by atoms with Crippen LogP contribution in [0.5, 0.6) is 0 Å². The van der Waals surface area contributed by atoms with Gasteiger partial charge < -0.3 is 10.3 Å². The summed E-state index contributed by atoms with van der Waals surface area (Å²) < 4.78 is 0. The Labute approximate surface area is 78.3 Å². The number of benzene rings is 1. The number of quaternary nitrogens is 1. The van der Waals surface area contributed by atoms with Gasteiger partial charge in [-0.05, 0) is 6.07 Å². The molecule has 3 N–H and O–H groups in total. The summed E-state index contributed by atoms with van der Waals surface area (Å²) in [6.07, 6.45) is 0. The van der Waals surface area contributed by atoms with Crippen LogP contribution in [0.25, 0.3) is 0 Å². The summed E-state index contributed by atoms with van der Waals surface area (Å²) in [6.45, 7) is 0. The van der Waals surface area contributed by atoms with Crippen molar-refractivity contribution in [1.82, 2.24) is 0 Å². The lowest BCUT2D eigenvalue weighted by Gasteiger charge is -2.11. The van der Waals surface area contributed by atoms with E-state index in [0.29, 0.717) is 0 Å². The molecular formula is C7H6ClNO4. The third kappa shape index (κ3) is 2.16. The number of hydrogen-bond acceptors (Lipinski definition) is 3. The van der Waals surface area contributed by atoms with Crippen LogP contribution in [0.15, 0.2) is 18.2 Å². The second-order valence-corrected chi connectivity index (χ2v) is 2.71. The predicted octanol–water partition coefficient (Wildman–Crippen LogP) is 0.442. The molecule has 1 atom stereocenters. The lowest BCUT2D eigenvalue weighted by atomic mass is 10.2. The number of carboxylic acids is 1. The van der Waals surface area contributed by atoms with Gasteiger partial charge in [-0.25, -0.2) is 10.0 Å². The van der Waals surface area contributed by atoms with E-state index in [-0.39, 0.29) is 16.3 Å². The minimum atomic E-state index is -1.24. The van der Waals surface area contributed by atoms with Crippen LogP contribution in [0.4, 0.5) is 5.69 Å². The van der Waals surface area contributed by atoms with Gasteiger partial charge in [0.05, 0.1) is 10.6 Å². The van der Waals surface area contributed by atoms with Crippen molar-refractivity contribution in [2.24, 2.45) is 0 Å². The van der Waals surface area contributed by atoms with Crippen LogP contribution in [-0.2, 0) is 0 Å². The van der Waals surface area contributed by atoms with E-state index in [4.69, 9.17) is 21.9 Å². The molecule has 0 spiro atoms. The molecule has 0 fully saturated rings. The van der Waals surface area contributed by atoms with Gasteiger partial charge in [0.15, 0.2) is 5.69 Å². The molecule has 70 valence electrons. The fourth-order valence-corrected chi connectivity index (χ4v) is 1.02. The van der Waals surface area contributed by atoms with Crippen LogP contribution < -0.4 is 5.23 Å². The highest BCUT2D eigenvalue weighted by atomic mass is 35.5. The van der Waals surface area contributed by atoms with E-state index in [1.54, 1.807) is 0 Å². The second kappa shape index (κ2) is 3.71. The molecular weight excluding hydrogens is 198 g/mol. The highest BCUT2D eigenvalue weighted by Gasteiger charge is 2.11. The van der Waals surface area contributed by atoms with Crippen molar-refractivity contribution < 1.29 is 20.3 Å². The number of rotatable bonds is 2. The average Bonchev–Trinajstić information content (AvgIpc) is 2.04. The maximum absolute atomic E-state index is 10.5. The van der Waals surface area contributed by atoms with Crippen molar-refractivity contribution in [1.29, 1.82) is 0 Å². The van der Waals surface area contributed by atoms with Gasteiger partial charge in [0.25, 0.3) is 0 Å². The molecule has 1 rings (SSSR count). The normalized spacial score (nSPS) is 12.5. The minimum Gasteiger partial charge on any atom is -0.595 e. The molecule has 0 aliphatic heterocycles. The van der Waals surface area contributed by atoms with E-state index in [0.717, 1.165) is 6.07 Å². The molecule has 0 amide bonds. The van der Waals surface area contributed by atoms with Gasteiger partial charge >= 0.3 is 5.97 Å². The Morgan fingerprint density at radius 2 is 2.15 bits per heavy atom. The van der Waals surface area contributed by atoms with Crippen LogP contribution in [0.3, 0.4) is 0 Å². The molecule has 0 aliphatic carbocycles. The Morgan fingerprint density at radius 3 is 2.62 bits per heavy atom. The summed E-state index contributed by atoms with van der Waals surface area (Å²) in [6, 6.07) is 3.51. The van der Waals surface area contributed by atoms with Gasteiger partial charge in [0, 0.05) is 12.1 Å². The van der Waals surface area contributed by atoms with Crippen LogP contribution in [-0.4, -0.2) is 16.3 Å². The maximum atomic E-state index is 10.5. The molecule has 0 aromatic heterocycles. The molecule has 1 aromatic rings. The molecule has 0 aliphatic rings. The first kappa shape index (κ1) is 9.94. The van der Waals surface area contributed by atoms with Crippen molar-refractivity contribution >= 4 is 23.3 Å². The molecule has 1 aromatic carbocycles. The van der Waals surface area contributed by atoms with Crippen molar-refractivity contribution in [3.05, 3.63) is 34.0 Å². The number of nitrogens with one attached hydrogen (secondary N) is 1. The summed E-state index contributed by atoms with van der Waals surface area (Å²) in [7, 11) is 0. The summed E-state index contributed by atoms with van der Waals surface area (Å²) in [5.74, 6) is -1.24. The van der Waals surface area contributed by atoms with Gasteiger partial charge in [0.2, 0.25) is 0 Å². The molecule has 5 nitrogen and oxygen atoms in total. The quantitative estimate of drug-likeness (QED) is 0.609. The van der Waals surface area contributed by atoms with Crippen LogP contribution >= 0.6 is 11.6 Å². The largest absolute Gasteiger partial charge is 0.595 e. The average molecular weight is 204 g/mol. The van der Waals surface area contributed by atoms with Crippen molar-refractivity contribution in [2.75, 3.05) is 0 Å². The first-order valence-electron chi connectivity index (χ1n) is 3.28. The minimum absolute atomic E-state index is 0.0255. The van der Waals surface area contributed by atoms with Gasteiger partial charge in [-0.2, -0.15) is 5.23 Å². The molecule has 0 saturated heterocycles. The van der Waals surface area contributed by atoms with Gasteiger partial charge in [-0.3, -0.25) is 0 Å². The zero-order valence-electron chi connectivity index (χ0n) is 6.32. The second-order valence-electron chi connectivity index (χ2n) is 2.30. The van der Waals surface area contributed by atoms with E-state index in [9.17, 15) is 10.0 Å². The van der Waals surface area contributed by atoms with Crippen molar-refractivity contribution in [2.45, 2.75) is 0 Å². The summed E-state index contributed by atoms with van der Waals surface area (Å²) >= 11 is 5.52. The molecule has 1 unspecified atom stereocenters. The smallest absolute Gasteiger partial charge is 0.337 e. The van der Waals surface area contributed by atoms with Crippen LogP contribution in [0, 0.1) is 5.21 Å². The Bertz CT molecular complexity index is 339. The van der Waals surface area contributed by atoms with Crippen LogP contribution in [0.2, 0.25) is 5.02 Å². The fourth-order valence-electron chi connectivity index (χ4n) is 0.822. The Hall–Kier alpha value is -1.14. The Kier molecular flexibility index (Phi) is 2.84. The Balaban J connectivity index is 3.19. The predicted molar refractivity (Wildman–Crippen MR) is 44.2 cm³/mol. The third-order valence-corrected chi connectivity index (χ3v) is 1.77.